The first-order valence-electron chi connectivity index (χ1n) is 10.6. The Morgan fingerprint density at radius 1 is 1.03 bits per heavy atom. The van der Waals surface area contributed by atoms with E-state index in [0.29, 0.717) is 24.6 Å². The smallest absolute Gasteiger partial charge is 0.277 e. The molecule has 0 radical (unpaired) electrons. The van der Waals surface area contributed by atoms with Crippen LogP contribution in [-0.2, 0) is 11.3 Å². The van der Waals surface area contributed by atoms with E-state index in [4.69, 9.17) is 14.2 Å². The summed E-state index contributed by atoms with van der Waals surface area (Å²) in [6.45, 7) is 6.81. The third-order valence-electron chi connectivity index (χ3n) is 5.97. The maximum Gasteiger partial charge on any atom is 0.277 e. The Morgan fingerprint density at radius 3 is 2.35 bits per heavy atom. The molecule has 0 spiro atoms. The SMILES string of the molecule is COc1cccc(N2CC[NH+](CC(=O)N(C)Cc3cc(OC)c(OC)cc3C)CC2)c1. The summed E-state index contributed by atoms with van der Waals surface area (Å²) in [5, 5.41) is 0. The molecule has 2 aromatic rings. The van der Waals surface area contributed by atoms with Gasteiger partial charge in [-0.1, -0.05) is 6.07 Å². The van der Waals surface area contributed by atoms with Crippen LogP contribution in [0.2, 0.25) is 0 Å². The molecule has 1 saturated heterocycles. The van der Waals surface area contributed by atoms with Crippen molar-refractivity contribution in [3.8, 4) is 17.2 Å². The number of methoxy groups -OCH3 is 3. The average Bonchev–Trinajstić information content (AvgIpc) is 2.80. The van der Waals surface area contributed by atoms with Crippen molar-refractivity contribution >= 4 is 11.6 Å². The van der Waals surface area contributed by atoms with Crippen molar-refractivity contribution in [1.82, 2.24) is 4.90 Å². The van der Waals surface area contributed by atoms with Crippen molar-refractivity contribution in [2.45, 2.75) is 13.5 Å². The van der Waals surface area contributed by atoms with Crippen molar-refractivity contribution < 1.29 is 23.9 Å². The molecule has 168 valence electrons. The van der Waals surface area contributed by atoms with Gasteiger partial charge in [-0.3, -0.25) is 4.79 Å². The van der Waals surface area contributed by atoms with E-state index < -0.39 is 0 Å². The fourth-order valence-electron chi connectivity index (χ4n) is 3.95. The van der Waals surface area contributed by atoms with E-state index >= 15 is 0 Å². The zero-order valence-corrected chi connectivity index (χ0v) is 19.2. The van der Waals surface area contributed by atoms with E-state index in [2.05, 4.69) is 17.0 Å². The molecule has 0 aromatic heterocycles. The van der Waals surface area contributed by atoms with Crippen LogP contribution in [0.15, 0.2) is 36.4 Å². The van der Waals surface area contributed by atoms with Crippen LogP contribution >= 0.6 is 0 Å². The Balaban J connectivity index is 1.54. The molecular formula is C24H34N3O4+. The van der Waals surface area contributed by atoms with Gasteiger partial charge >= 0.3 is 0 Å². The first kappa shape index (κ1) is 22.7. The van der Waals surface area contributed by atoms with Gasteiger partial charge in [0, 0.05) is 25.3 Å². The number of aryl methyl sites for hydroxylation is 1. The molecule has 1 aliphatic heterocycles. The van der Waals surface area contributed by atoms with Crippen LogP contribution in [0.4, 0.5) is 5.69 Å². The molecule has 0 bridgehead atoms. The summed E-state index contributed by atoms with van der Waals surface area (Å²) in [4.78, 5) is 18.3. The standard InChI is InChI=1S/C24H33N3O4/c1-18-13-22(30-4)23(31-5)14-19(18)16-25(2)24(28)17-26-9-11-27(12-10-26)20-7-6-8-21(15-20)29-3/h6-8,13-15H,9-12,16-17H2,1-5H3/p+1. The van der Waals surface area contributed by atoms with Gasteiger partial charge in [0.15, 0.2) is 18.0 Å². The van der Waals surface area contributed by atoms with Crippen molar-refractivity contribution in [3.05, 3.63) is 47.5 Å². The van der Waals surface area contributed by atoms with E-state index in [1.165, 1.54) is 10.6 Å². The zero-order valence-electron chi connectivity index (χ0n) is 19.2. The molecule has 1 heterocycles. The second kappa shape index (κ2) is 10.4. The maximum absolute atomic E-state index is 12.9. The Labute approximate surface area is 185 Å². The molecule has 2 aromatic carbocycles. The van der Waals surface area contributed by atoms with Gasteiger partial charge in [0.1, 0.15) is 5.75 Å². The third-order valence-corrected chi connectivity index (χ3v) is 5.97. The number of amides is 1. The number of likely N-dealkylation sites (N-methyl/N-ethyl adjacent to an activating group) is 1. The fourth-order valence-corrected chi connectivity index (χ4v) is 3.95. The van der Waals surface area contributed by atoms with Crippen LogP contribution in [0.5, 0.6) is 17.2 Å². The number of hydrogen-bond donors (Lipinski definition) is 1. The number of piperazine rings is 1. The molecule has 7 heteroatoms. The van der Waals surface area contributed by atoms with Crippen molar-refractivity contribution in [2.24, 2.45) is 0 Å². The summed E-state index contributed by atoms with van der Waals surface area (Å²) in [7, 11) is 6.81. The number of carbonyl (C=O) groups excluding carboxylic acids is 1. The second-order valence-electron chi connectivity index (χ2n) is 8.00. The minimum atomic E-state index is 0.152. The molecule has 1 N–H and O–H groups in total. The van der Waals surface area contributed by atoms with Crippen LogP contribution in [0, 0.1) is 6.92 Å². The van der Waals surface area contributed by atoms with Gasteiger partial charge in [-0.25, -0.2) is 0 Å². The normalized spacial score (nSPS) is 14.3. The number of carbonyl (C=O) groups is 1. The van der Waals surface area contributed by atoms with Gasteiger partial charge in [0.05, 0.1) is 47.5 Å². The van der Waals surface area contributed by atoms with Gasteiger partial charge in [-0.2, -0.15) is 0 Å². The minimum absolute atomic E-state index is 0.152. The van der Waals surface area contributed by atoms with E-state index in [-0.39, 0.29) is 5.91 Å². The molecule has 0 unspecified atom stereocenters. The summed E-state index contributed by atoms with van der Waals surface area (Å²) >= 11 is 0. The van der Waals surface area contributed by atoms with Crippen molar-refractivity contribution in [2.75, 3.05) is 66.0 Å². The highest BCUT2D eigenvalue weighted by Gasteiger charge is 2.24. The lowest BCUT2D eigenvalue weighted by Gasteiger charge is -2.34. The summed E-state index contributed by atoms with van der Waals surface area (Å²) < 4.78 is 16.1. The number of nitrogens with zero attached hydrogens (tertiary/aromatic N) is 2. The molecule has 1 fully saturated rings. The molecule has 3 rings (SSSR count). The number of hydrogen-bond acceptors (Lipinski definition) is 5. The number of benzene rings is 2. The fraction of sp³-hybridized carbons (Fsp3) is 0.458. The number of anilines is 1. The van der Waals surface area contributed by atoms with Gasteiger partial charge < -0.3 is 28.9 Å². The Morgan fingerprint density at radius 2 is 1.71 bits per heavy atom. The van der Waals surface area contributed by atoms with Crippen molar-refractivity contribution in [1.29, 1.82) is 0 Å². The summed E-state index contributed by atoms with van der Waals surface area (Å²) in [5.41, 5.74) is 3.31. The Hall–Kier alpha value is -2.93. The van der Waals surface area contributed by atoms with Crippen LogP contribution in [0.3, 0.4) is 0 Å². The summed E-state index contributed by atoms with van der Waals surface area (Å²) in [5.74, 6) is 2.41. The first-order chi connectivity index (χ1) is 14.9. The van der Waals surface area contributed by atoms with Crippen LogP contribution in [0.1, 0.15) is 11.1 Å². The zero-order chi connectivity index (χ0) is 22.4. The molecule has 1 aliphatic rings. The largest absolute Gasteiger partial charge is 0.497 e. The van der Waals surface area contributed by atoms with E-state index in [1.807, 2.05) is 38.2 Å². The second-order valence-corrected chi connectivity index (χ2v) is 8.00. The molecule has 0 aliphatic carbocycles. The number of quaternary nitrogens is 1. The van der Waals surface area contributed by atoms with E-state index in [9.17, 15) is 4.79 Å². The van der Waals surface area contributed by atoms with Crippen molar-refractivity contribution in [3.63, 3.8) is 0 Å². The first-order valence-corrected chi connectivity index (χ1v) is 10.6. The minimum Gasteiger partial charge on any atom is -0.497 e. The average molecular weight is 429 g/mol. The summed E-state index contributed by atoms with van der Waals surface area (Å²) in [6, 6.07) is 12.1. The topological polar surface area (TPSA) is 55.7 Å². The molecule has 0 atom stereocenters. The Bertz CT molecular complexity index is 894. The highest BCUT2D eigenvalue weighted by atomic mass is 16.5. The third kappa shape index (κ3) is 5.61. The molecule has 0 saturated carbocycles. The molecule has 1 amide bonds. The lowest BCUT2D eigenvalue weighted by atomic mass is 10.1. The lowest BCUT2D eigenvalue weighted by Crippen LogP contribution is -3.15. The predicted molar refractivity (Wildman–Crippen MR) is 122 cm³/mol. The maximum atomic E-state index is 12.9. The highest BCUT2D eigenvalue weighted by molar-refractivity contribution is 5.77. The molecule has 7 nitrogen and oxygen atoms in total. The molecular weight excluding hydrogens is 394 g/mol. The van der Waals surface area contributed by atoms with Gasteiger partial charge in [-0.05, 0) is 42.3 Å². The van der Waals surface area contributed by atoms with Gasteiger partial charge in [0.2, 0.25) is 0 Å². The van der Waals surface area contributed by atoms with E-state index in [1.54, 1.807) is 26.2 Å². The van der Waals surface area contributed by atoms with Crippen LogP contribution in [-0.4, -0.2) is 71.9 Å². The predicted octanol–water partition coefficient (Wildman–Crippen LogP) is 1.38. The van der Waals surface area contributed by atoms with E-state index in [0.717, 1.165) is 43.1 Å². The number of ether oxygens (including phenoxy) is 3. The Kier molecular flexibility index (Phi) is 7.63. The van der Waals surface area contributed by atoms with Gasteiger partial charge in [-0.15, -0.1) is 0 Å². The monoisotopic (exact) mass is 428 g/mol. The highest BCUT2D eigenvalue weighted by Crippen LogP contribution is 2.30. The number of rotatable bonds is 8. The van der Waals surface area contributed by atoms with Crippen LogP contribution in [0.25, 0.3) is 0 Å². The summed E-state index contributed by atoms with van der Waals surface area (Å²) in [6.07, 6.45) is 0. The van der Waals surface area contributed by atoms with Crippen LogP contribution < -0.4 is 24.0 Å². The lowest BCUT2D eigenvalue weighted by molar-refractivity contribution is -0.892. The molecule has 31 heavy (non-hydrogen) atoms. The van der Waals surface area contributed by atoms with Gasteiger partial charge in [0.25, 0.3) is 5.91 Å². The quantitative estimate of drug-likeness (QED) is 0.689. The number of nitrogens with one attached hydrogen (secondary N) is 1.